The minimum Gasteiger partial charge on any atom is -0.379 e. The van der Waals surface area contributed by atoms with Crippen molar-refractivity contribution in [1.82, 2.24) is 14.5 Å². The van der Waals surface area contributed by atoms with E-state index >= 15 is 0 Å². The van der Waals surface area contributed by atoms with Gasteiger partial charge in [0.2, 0.25) is 15.9 Å². The molecule has 1 heterocycles. The first kappa shape index (κ1) is 20.3. The molecule has 0 atom stereocenters. The topological polar surface area (TPSA) is 96.0 Å². The Morgan fingerprint density at radius 1 is 1.27 bits per heavy atom. The van der Waals surface area contributed by atoms with Gasteiger partial charge in [0.05, 0.1) is 24.7 Å². The van der Waals surface area contributed by atoms with Gasteiger partial charge >= 0.3 is 0 Å². The van der Waals surface area contributed by atoms with Crippen LogP contribution in [0.5, 0.6) is 0 Å². The molecule has 144 valence electrons. The van der Waals surface area contributed by atoms with Crippen molar-refractivity contribution in [3.8, 4) is 0 Å². The van der Waals surface area contributed by atoms with E-state index in [0.29, 0.717) is 13.2 Å². The third-order valence-corrected chi connectivity index (χ3v) is 5.76. The normalized spacial score (nSPS) is 15.7. The highest BCUT2D eigenvalue weighted by Gasteiger charge is 2.27. The molecule has 0 aromatic heterocycles. The fourth-order valence-corrected chi connectivity index (χ4v) is 4.06. The Labute approximate surface area is 154 Å². The minimum atomic E-state index is -3.68. The first-order valence-electron chi connectivity index (χ1n) is 8.44. The molecule has 0 aliphatic carbocycles. The van der Waals surface area contributed by atoms with E-state index in [0.717, 1.165) is 0 Å². The van der Waals surface area contributed by atoms with Crippen molar-refractivity contribution >= 4 is 21.8 Å². The molecule has 8 nitrogen and oxygen atoms in total. The average molecular weight is 383 g/mol. The molecular weight excluding hydrogens is 358 g/mol. The first-order chi connectivity index (χ1) is 12.2. The molecule has 1 aromatic rings. The zero-order chi connectivity index (χ0) is 19.3. The van der Waals surface area contributed by atoms with E-state index in [4.69, 9.17) is 4.74 Å². The largest absolute Gasteiger partial charge is 0.379 e. The van der Waals surface area contributed by atoms with Gasteiger partial charge in [-0.1, -0.05) is 6.07 Å². The van der Waals surface area contributed by atoms with E-state index in [2.05, 4.69) is 5.32 Å². The van der Waals surface area contributed by atoms with Crippen LogP contribution in [0.25, 0.3) is 0 Å². The van der Waals surface area contributed by atoms with E-state index in [1.165, 1.54) is 40.5 Å². The Morgan fingerprint density at radius 2 is 1.92 bits per heavy atom. The van der Waals surface area contributed by atoms with E-state index in [9.17, 15) is 18.0 Å². The number of amides is 2. The van der Waals surface area contributed by atoms with Crippen LogP contribution in [0.4, 0.5) is 0 Å². The number of morpholine rings is 1. The van der Waals surface area contributed by atoms with Crippen LogP contribution >= 0.6 is 0 Å². The van der Waals surface area contributed by atoms with Crippen molar-refractivity contribution in [3.63, 3.8) is 0 Å². The summed E-state index contributed by atoms with van der Waals surface area (Å²) < 4.78 is 32.0. The number of carbonyl (C=O) groups is 2. The molecular formula is C17H25N3O5S. The van der Waals surface area contributed by atoms with Crippen LogP contribution in [-0.2, 0) is 19.6 Å². The summed E-state index contributed by atoms with van der Waals surface area (Å²) in [5.74, 6) is -0.684. The van der Waals surface area contributed by atoms with Crippen LogP contribution in [0.1, 0.15) is 24.2 Å². The number of likely N-dealkylation sites (N-methyl/N-ethyl adjacent to an activating group) is 1. The van der Waals surface area contributed by atoms with Crippen LogP contribution in [-0.4, -0.2) is 75.4 Å². The molecule has 9 heteroatoms. The van der Waals surface area contributed by atoms with Crippen molar-refractivity contribution in [2.45, 2.75) is 24.8 Å². The van der Waals surface area contributed by atoms with Gasteiger partial charge in [0, 0.05) is 31.7 Å². The number of sulfonamides is 1. The Bertz CT molecular complexity index is 757. The highest BCUT2D eigenvalue weighted by atomic mass is 32.2. The Kier molecular flexibility index (Phi) is 6.74. The summed E-state index contributed by atoms with van der Waals surface area (Å²) in [6.07, 6.45) is 0. The number of ether oxygens (including phenoxy) is 1. The van der Waals surface area contributed by atoms with E-state index in [1.807, 2.05) is 13.8 Å². The van der Waals surface area contributed by atoms with Crippen LogP contribution in [0.2, 0.25) is 0 Å². The van der Waals surface area contributed by atoms with E-state index in [-0.39, 0.29) is 42.0 Å². The zero-order valence-corrected chi connectivity index (χ0v) is 16.1. The number of hydrogen-bond donors (Lipinski definition) is 1. The van der Waals surface area contributed by atoms with Crippen molar-refractivity contribution in [1.29, 1.82) is 0 Å². The third-order valence-electron chi connectivity index (χ3n) is 3.87. The highest BCUT2D eigenvalue weighted by Crippen LogP contribution is 2.19. The van der Waals surface area contributed by atoms with Crippen molar-refractivity contribution < 1.29 is 22.7 Å². The molecule has 0 unspecified atom stereocenters. The van der Waals surface area contributed by atoms with Gasteiger partial charge in [0.25, 0.3) is 5.91 Å². The van der Waals surface area contributed by atoms with Gasteiger partial charge in [0.15, 0.2) is 0 Å². The summed E-state index contributed by atoms with van der Waals surface area (Å²) in [7, 11) is -2.17. The number of nitrogens with one attached hydrogen (secondary N) is 1. The second-order valence-corrected chi connectivity index (χ2v) is 8.37. The van der Waals surface area contributed by atoms with Crippen molar-refractivity contribution in [3.05, 3.63) is 29.8 Å². The summed E-state index contributed by atoms with van der Waals surface area (Å²) in [6, 6.07) is 5.87. The van der Waals surface area contributed by atoms with Crippen LogP contribution < -0.4 is 5.32 Å². The molecule has 0 bridgehead atoms. The predicted molar refractivity (Wildman–Crippen MR) is 96.3 cm³/mol. The lowest BCUT2D eigenvalue weighted by Crippen LogP contribution is -2.41. The lowest BCUT2D eigenvalue weighted by molar-refractivity contribution is -0.122. The van der Waals surface area contributed by atoms with Gasteiger partial charge in [-0.15, -0.1) is 0 Å². The highest BCUT2D eigenvalue weighted by molar-refractivity contribution is 7.89. The van der Waals surface area contributed by atoms with Crippen LogP contribution in [0.15, 0.2) is 29.2 Å². The number of carbonyl (C=O) groups excluding carboxylic acids is 2. The van der Waals surface area contributed by atoms with Gasteiger partial charge in [0.1, 0.15) is 0 Å². The summed E-state index contributed by atoms with van der Waals surface area (Å²) in [6.45, 7) is 4.85. The average Bonchev–Trinajstić information content (AvgIpc) is 2.61. The standard InChI is InChI=1S/C17H25N3O5S/c1-13(2)18-16(21)12-19(3)17(22)14-5-4-6-15(11-14)26(23,24)20-7-9-25-10-8-20/h4-6,11,13H,7-10,12H2,1-3H3,(H,18,21). The Morgan fingerprint density at radius 3 is 2.54 bits per heavy atom. The lowest BCUT2D eigenvalue weighted by Gasteiger charge is -2.26. The lowest BCUT2D eigenvalue weighted by atomic mass is 10.2. The molecule has 1 aliphatic rings. The molecule has 0 radical (unpaired) electrons. The molecule has 1 saturated heterocycles. The summed E-state index contributed by atoms with van der Waals surface area (Å²) in [5, 5.41) is 2.71. The second kappa shape index (κ2) is 8.61. The van der Waals surface area contributed by atoms with Gasteiger partial charge in [-0.05, 0) is 32.0 Å². The maximum atomic E-state index is 12.7. The summed E-state index contributed by atoms with van der Waals surface area (Å²) >= 11 is 0. The maximum Gasteiger partial charge on any atom is 0.254 e. The summed E-state index contributed by atoms with van der Waals surface area (Å²) in [5.41, 5.74) is 0.221. The fourth-order valence-electron chi connectivity index (χ4n) is 2.60. The van der Waals surface area contributed by atoms with Gasteiger partial charge in [-0.25, -0.2) is 8.42 Å². The number of hydrogen-bond acceptors (Lipinski definition) is 5. The molecule has 1 aliphatic heterocycles. The van der Waals surface area contributed by atoms with Gasteiger partial charge < -0.3 is 15.0 Å². The molecule has 1 aromatic carbocycles. The number of rotatable bonds is 6. The monoisotopic (exact) mass is 383 g/mol. The third kappa shape index (κ3) is 5.03. The summed E-state index contributed by atoms with van der Waals surface area (Å²) in [4.78, 5) is 25.7. The van der Waals surface area contributed by atoms with Crippen molar-refractivity contribution in [2.75, 3.05) is 39.9 Å². The quantitative estimate of drug-likeness (QED) is 0.762. The van der Waals surface area contributed by atoms with E-state index < -0.39 is 15.9 Å². The smallest absolute Gasteiger partial charge is 0.254 e. The maximum absolute atomic E-state index is 12.7. The number of benzene rings is 1. The molecule has 0 saturated carbocycles. The van der Waals surface area contributed by atoms with E-state index in [1.54, 1.807) is 0 Å². The number of nitrogens with zero attached hydrogens (tertiary/aromatic N) is 2. The molecule has 2 amide bonds. The van der Waals surface area contributed by atoms with Crippen molar-refractivity contribution in [2.24, 2.45) is 0 Å². The zero-order valence-electron chi connectivity index (χ0n) is 15.3. The second-order valence-electron chi connectivity index (χ2n) is 6.43. The molecule has 0 spiro atoms. The molecule has 1 fully saturated rings. The fraction of sp³-hybridized carbons (Fsp3) is 0.529. The molecule has 1 N–H and O–H groups in total. The predicted octanol–water partition coefficient (Wildman–Crippen LogP) is 0.304. The van der Waals surface area contributed by atoms with Crippen LogP contribution in [0.3, 0.4) is 0 Å². The molecule has 26 heavy (non-hydrogen) atoms. The SMILES string of the molecule is CC(C)NC(=O)CN(C)C(=O)c1cccc(S(=O)(=O)N2CCOCC2)c1. The van der Waals surface area contributed by atoms with Gasteiger partial charge in [-0.3, -0.25) is 9.59 Å². The minimum absolute atomic E-state index is 0.0204. The Hall–Kier alpha value is -1.97. The Balaban J connectivity index is 2.15. The molecule has 2 rings (SSSR count). The van der Waals surface area contributed by atoms with Gasteiger partial charge in [-0.2, -0.15) is 4.31 Å². The van der Waals surface area contributed by atoms with Crippen LogP contribution in [0, 0.1) is 0 Å². The first-order valence-corrected chi connectivity index (χ1v) is 9.88.